The zero-order valence-electron chi connectivity index (χ0n) is 25.1. The number of carbonyl (C=O) groups excluding carboxylic acids is 2. The lowest BCUT2D eigenvalue weighted by atomic mass is 9.89. The minimum absolute atomic E-state index is 0.0393. The van der Waals surface area contributed by atoms with Crippen LogP contribution in [-0.4, -0.2) is 45.6 Å². The van der Waals surface area contributed by atoms with Gasteiger partial charge in [-0.25, -0.2) is 9.59 Å². The number of nitrogens with one attached hydrogen (secondary N) is 2. The van der Waals surface area contributed by atoms with Crippen molar-refractivity contribution in [2.75, 3.05) is 12.8 Å². The summed E-state index contributed by atoms with van der Waals surface area (Å²) in [4.78, 5) is 24.7. The largest absolute Gasteiger partial charge is 0.445 e. The second kappa shape index (κ2) is 20.7. The van der Waals surface area contributed by atoms with E-state index in [1.54, 1.807) is 0 Å². The molecule has 1 aliphatic rings. The van der Waals surface area contributed by atoms with E-state index in [4.69, 9.17) is 13.7 Å². The van der Waals surface area contributed by atoms with E-state index in [1.807, 2.05) is 88.4 Å². The second-order valence-electron chi connectivity index (χ2n) is 9.31. The van der Waals surface area contributed by atoms with Crippen molar-refractivity contribution in [2.45, 2.75) is 91.6 Å². The number of carbonyl (C=O) groups is 2. The third-order valence-electron chi connectivity index (χ3n) is 6.24. The molecule has 9 nitrogen and oxygen atoms in total. The monoisotopic (exact) mass is 592 g/mol. The van der Waals surface area contributed by atoms with Gasteiger partial charge in [-0.1, -0.05) is 108 Å². The highest BCUT2D eigenvalue weighted by molar-refractivity contribution is 7.86. The van der Waals surface area contributed by atoms with Crippen LogP contribution < -0.4 is 10.6 Å². The van der Waals surface area contributed by atoms with Gasteiger partial charge >= 0.3 is 12.2 Å². The summed E-state index contributed by atoms with van der Waals surface area (Å²) in [6.45, 7) is 8.23. The standard InChI is InChI=1S/C27H36N2O7S.2C2H6/c1-37(32,33)36-24(18-28-26(30)34-19-21-11-5-2-6-12-21)17-23-15-9-4-10-16-25(23)29-27(31)35-20-22-13-7-3-8-14-22;2*1-2/h2-3,5-8,11-14,23-25H,4,9-10,15-20H2,1H3,(H,28,30)(H,29,31);2*1-2H3/t23-,24?,25+;;/m0../s1. The van der Waals surface area contributed by atoms with Crippen molar-refractivity contribution in [2.24, 2.45) is 5.92 Å². The highest BCUT2D eigenvalue weighted by Gasteiger charge is 2.30. The number of hydrogen-bond acceptors (Lipinski definition) is 7. The first-order chi connectivity index (χ1) is 19.8. The van der Waals surface area contributed by atoms with Gasteiger partial charge in [0.15, 0.2) is 0 Å². The van der Waals surface area contributed by atoms with Gasteiger partial charge in [-0.3, -0.25) is 4.18 Å². The molecule has 0 saturated heterocycles. The van der Waals surface area contributed by atoms with Gasteiger partial charge in [0.1, 0.15) is 13.2 Å². The number of benzene rings is 2. The molecule has 230 valence electrons. The molecule has 3 rings (SSSR count). The summed E-state index contributed by atoms with van der Waals surface area (Å²) in [7, 11) is -3.77. The molecule has 1 unspecified atom stereocenters. The van der Waals surface area contributed by atoms with Gasteiger partial charge in [0, 0.05) is 12.6 Å². The molecule has 0 aliphatic heterocycles. The fourth-order valence-corrected chi connectivity index (χ4v) is 5.13. The molecule has 0 bridgehead atoms. The Kier molecular flexibility index (Phi) is 18.1. The number of ether oxygens (including phenoxy) is 2. The number of rotatable bonds is 11. The maximum atomic E-state index is 12.5. The molecular weight excluding hydrogens is 544 g/mol. The molecule has 0 radical (unpaired) electrons. The van der Waals surface area contributed by atoms with Crippen LogP contribution in [0, 0.1) is 5.92 Å². The third-order valence-corrected chi connectivity index (χ3v) is 6.86. The predicted octanol–water partition coefficient (Wildman–Crippen LogP) is 6.58. The van der Waals surface area contributed by atoms with E-state index in [1.165, 1.54) is 0 Å². The van der Waals surface area contributed by atoms with Crippen LogP contribution in [0.3, 0.4) is 0 Å². The highest BCUT2D eigenvalue weighted by atomic mass is 32.2. The zero-order valence-corrected chi connectivity index (χ0v) is 26.0. The molecule has 3 atom stereocenters. The molecule has 2 amide bonds. The lowest BCUT2D eigenvalue weighted by molar-refractivity contribution is 0.115. The Morgan fingerprint density at radius 2 is 1.32 bits per heavy atom. The normalized spacial score (nSPS) is 17.2. The van der Waals surface area contributed by atoms with Crippen molar-refractivity contribution >= 4 is 22.3 Å². The Morgan fingerprint density at radius 1 is 0.805 bits per heavy atom. The van der Waals surface area contributed by atoms with Crippen LogP contribution >= 0.6 is 0 Å². The topological polar surface area (TPSA) is 120 Å². The minimum Gasteiger partial charge on any atom is -0.445 e. The van der Waals surface area contributed by atoms with E-state index < -0.39 is 28.4 Å². The van der Waals surface area contributed by atoms with Gasteiger partial charge in [0.2, 0.25) is 0 Å². The molecule has 1 saturated carbocycles. The van der Waals surface area contributed by atoms with Gasteiger partial charge in [0.05, 0.1) is 12.4 Å². The van der Waals surface area contributed by atoms with E-state index in [2.05, 4.69) is 10.6 Å². The maximum absolute atomic E-state index is 12.5. The van der Waals surface area contributed by atoms with Crippen LogP contribution in [0.1, 0.15) is 77.3 Å². The molecule has 0 heterocycles. The maximum Gasteiger partial charge on any atom is 0.407 e. The number of hydrogen-bond donors (Lipinski definition) is 2. The van der Waals surface area contributed by atoms with Gasteiger partial charge in [-0.05, 0) is 36.3 Å². The van der Waals surface area contributed by atoms with E-state index in [0.29, 0.717) is 6.42 Å². The molecule has 1 fully saturated rings. The Bertz CT molecular complexity index is 1080. The summed E-state index contributed by atoms with van der Waals surface area (Å²) >= 11 is 0. The second-order valence-corrected chi connectivity index (χ2v) is 10.9. The van der Waals surface area contributed by atoms with Gasteiger partial charge in [0.25, 0.3) is 10.1 Å². The average Bonchev–Trinajstić information content (AvgIpc) is 3.20. The quantitative estimate of drug-likeness (QED) is 0.223. The van der Waals surface area contributed by atoms with Crippen LogP contribution in [0.5, 0.6) is 0 Å². The summed E-state index contributed by atoms with van der Waals surface area (Å²) in [5, 5.41) is 5.58. The van der Waals surface area contributed by atoms with Crippen molar-refractivity contribution in [1.82, 2.24) is 10.6 Å². The Morgan fingerprint density at radius 3 is 1.85 bits per heavy atom. The summed E-state index contributed by atoms with van der Waals surface area (Å²) in [6.07, 6.45) is 3.83. The van der Waals surface area contributed by atoms with E-state index >= 15 is 0 Å². The first-order valence-electron chi connectivity index (χ1n) is 14.6. The summed E-state index contributed by atoms with van der Waals surface area (Å²) in [5.41, 5.74) is 1.73. The van der Waals surface area contributed by atoms with Gasteiger partial charge < -0.3 is 20.1 Å². The fourth-order valence-electron chi connectivity index (χ4n) is 4.49. The lowest BCUT2D eigenvalue weighted by Gasteiger charge is -2.29. The van der Waals surface area contributed by atoms with Crippen molar-refractivity contribution in [3.63, 3.8) is 0 Å². The Hall–Kier alpha value is -3.11. The van der Waals surface area contributed by atoms with Crippen molar-refractivity contribution in [3.05, 3.63) is 71.8 Å². The highest BCUT2D eigenvalue weighted by Crippen LogP contribution is 2.28. The molecule has 10 heteroatoms. The minimum atomic E-state index is -3.77. The predicted molar refractivity (Wildman–Crippen MR) is 162 cm³/mol. The molecule has 0 spiro atoms. The summed E-state index contributed by atoms with van der Waals surface area (Å²) < 4.78 is 39.8. The van der Waals surface area contributed by atoms with Crippen LogP contribution in [0.25, 0.3) is 0 Å². The average molecular weight is 593 g/mol. The summed E-state index contributed by atoms with van der Waals surface area (Å²) in [6, 6.07) is 18.5. The zero-order chi connectivity index (χ0) is 30.5. The smallest absolute Gasteiger partial charge is 0.407 e. The van der Waals surface area contributed by atoms with Crippen molar-refractivity contribution < 1.29 is 31.7 Å². The lowest BCUT2D eigenvalue weighted by Crippen LogP contribution is -2.43. The number of amides is 2. The van der Waals surface area contributed by atoms with E-state index in [9.17, 15) is 18.0 Å². The first kappa shape index (κ1) is 35.9. The Balaban J connectivity index is 0.00000201. The van der Waals surface area contributed by atoms with Crippen molar-refractivity contribution in [1.29, 1.82) is 0 Å². The molecular formula is C31H48N2O7S. The van der Waals surface area contributed by atoms with Crippen LogP contribution in [-0.2, 0) is 37.0 Å². The van der Waals surface area contributed by atoms with E-state index in [0.717, 1.165) is 49.5 Å². The molecule has 2 aromatic rings. The number of alkyl carbamates (subject to hydrolysis) is 2. The summed E-state index contributed by atoms with van der Waals surface area (Å²) in [5.74, 6) is -0.0411. The SMILES string of the molecule is CC.CC.CS(=O)(=O)OC(CNC(=O)OCc1ccccc1)C[C@@H]1CCCCC[C@H]1NC(=O)OCc1ccccc1. The van der Waals surface area contributed by atoms with Gasteiger partial charge in [-0.15, -0.1) is 0 Å². The molecule has 0 aromatic heterocycles. The molecule has 2 aromatic carbocycles. The molecule has 2 N–H and O–H groups in total. The van der Waals surface area contributed by atoms with E-state index in [-0.39, 0.29) is 31.7 Å². The Labute approximate surface area is 246 Å². The molecule has 1 aliphatic carbocycles. The van der Waals surface area contributed by atoms with Crippen LogP contribution in [0.2, 0.25) is 0 Å². The van der Waals surface area contributed by atoms with Gasteiger partial charge in [-0.2, -0.15) is 8.42 Å². The third kappa shape index (κ3) is 16.1. The fraction of sp³-hybridized carbons (Fsp3) is 0.548. The first-order valence-corrected chi connectivity index (χ1v) is 16.4. The molecule has 41 heavy (non-hydrogen) atoms. The van der Waals surface area contributed by atoms with Crippen molar-refractivity contribution in [3.8, 4) is 0 Å². The van der Waals surface area contributed by atoms with Crippen LogP contribution in [0.4, 0.5) is 9.59 Å². The van der Waals surface area contributed by atoms with Crippen LogP contribution in [0.15, 0.2) is 60.7 Å².